The van der Waals surface area contributed by atoms with Crippen molar-refractivity contribution in [1.82, 2.24) is 0 Å². The van der Waals surface area contributed by atoms with Gasteiger partial charge in [-0.25, -0.2) is 0 Å². The van der Waals surface area contributed by atoms with Gasteiger partial charge in [0.15, 0.2) is 0 Å². The summed E-state index contributed by atoms with van der Waals surface area (Å²) in [5.41, 5.74) is 38.0. The van der Waals surface area contributed by atoms with Crippen LogP contribution in [0, 0.1) is 71.0 Å². The van der Waals surface area contributed by atoms with Gasteiger partial charge in [-0.2, -0.15) is 0 Å². The Morgan fingerprint density at radius 2 is 0.500 bits per heavy atom. The van der Waals surface area contributed by atoms with Crippen LogP contribution in [0.25, 0.3) is 152 Å². The fourth-order valence-corrected chi connectivity index (χ4v) is 35.8. The van der Waals surface area contributed by atoms with Crippen LogP contribution in [0.4, 0.5) is 51.2 Å². The lowest BCUT2D eigenvalue weighted by Gasteiger charge is -2.61. The summed E-state index contributed by atoms with van der Waals surface area (Å²) < 4.78 is 15.7. The van der Waals surface area contributed by atoms with Crippen molar-refractivity contribution < 1.29 is 8.83 Å². The molecule has 0 unspecified atom stereocenters. The molecule has 5 nitrogen and oxygen atoms in total. The lowest BCUT2D eigenvalue weighted by atomic mass is 9.43. The molecule has 6 heteroatoms. The van der Waals surface area contributed by atoms with Crippen LogP contribution in [0.5, 0.6) is 0 Å². The molecular weight excluding hydrogens is 1840 g/mol. The van der Waals surface area contributed by atoms with Crippen LogP contribution in [0.2, 0.25) is 0 Å². The average molecular weight is 1950 g/mol. The normalized spacial score (nSPS) is 24.3. The molecule has 15 aliphatic carbocycles. The Morgan fingerprint density at radius 1 is 0.187 bits per heavy atom. The number of furan rings is 2. The van der Waals surface area contributed by atoms with Crippen molar-refractivity contribution in [2.75, 3.05) is 14.7 Å². The van der Waals surface area contributed by atoms with Crippen LogP contribution in [0.3, 0.4) is 0 Å². The highest BCUT2D eigenvalue weighted by atomic mass is 32.1. The minimum atomic E-state index is 0.113. The van der Waals surface area contributed by atoms with Gasteiger partial charge in [0.2, 0.25) is 0 Å². The second kappa shape index (κ2) is 33.2. The van der Waals surface area contributed by atoms with Gasteiger partial charge in [0.25, 0.3) is 0 Å². The SMILES string of the molecule is c1ccc2c(c1)-c1c(N(c3ccc(-c4ccc5ccccc5c4)cc3)c3ccc4c(c3)oc3ccccc34)cccc1C21C2CC3CC(C2)CC1C3.c1ccc2c(c1)-c1c(N(c3ccc(-c4cccc5ccccc45)cc3)c3ccc4c(c3)oc3ccccc34)cccc1C21C2CC3CC(C2)CC1C3.c1ccc2c(c1)-c1c(N(c3ccc4ccccc4c3)c3ccc4sc5ccccc5c4c3)cccc1C21C2CC3CC(C2)CC1C3. The lowest BCUT2D eigenvalue weighted by molar-refractivity contribution is -0.0399. The first-order valence-corrected chi connectivity index (χ1v) is 56.5. The van der Waals surface area contributed by atoms with Crippen molar-refractivity contribution in [3.63, 3.8) is 0 Å². The quantitative estimate of drug-likeness (QED) is 0.129. The predicted molar refractivity (Wildman–Crippen MR) is 624 cm³/mol. The number of anilines is 9. The first-order chi connectivity index (χ1) is 74.2. The van der Waals surface area contributed by atoms with E-state index < -0.39 is 0 Å². The first kappa shape index (κ1) is 86.4. The maximum Gasteiger partial charge on any atom is 0.137 e. The van der Waals surface area contributed by atoms with Crippen molar-refractivity contribution in [3.05, 3.63) is 464 Å². The Labute approximate surface area is 879 Å². The summed E-state index contributed by atoms with van der Waals surface area (Å²) in [4.78, 5) is 7.58. The van der Waals surface area contributed by atoms with E-state index in [2.05, 4.69) is 445 Å². The number of benzene rings is 20. The van der Waals surface area contributed by atoms with Gasteiger partial charge in [0.1, 0.15) is 22.3 Å². The Kier molecular flexibility index (Phi) is 19.1. The first-order valence-electron chi connectivity index (χ1n) is 55.7. The Balaban J connectivity index is 0.0000000976. The molecule has 0 aliphatic heterocycles. The summed E-state index contributed by atoms with van der Waals surface area (Å²) in [6, 6.07) is 162. The predicted octanol–water partition coefficient (Wildman–Crippen LogP) is 39.6. The lowest BCUT2D eigenvalue weighted by Crippen LogP contribution is -2.55. The number of rotatable bonds is 11. The van der Waals surface area contributed by atoms with E-state index in [1.54, 1.807) is 33.4 Å². The Morgan fingerprint density at radius 3 is 0.980 bits per heavy atom. The van der Waals surface area contributed by atoms with Gasteiger partial charge in [0.05, 0.1) is 17.1 Å². The van der Waals surface area contributed by atoms with Gasteiger partial charge >= 0.3 is 0 Å². The van der Waals surface area contributed by atoms with Crippen molar-refractivity contribution in [2.45, 2.75) is 113 Å². The number of fused-ring (bicyclic) bond motifs is 21. The molecule has 23 aromatic rings. The van der Waals surface area contributed by atoms with E-state index in [0.29, 0.717) is 0 Å². The van der Waals surface area contributed by atoms with Crippen LogP contribution < -0.4 is 14.7 Å². The van der Waals surface area contributed by atoms with E-state index in [1.165, 1.54) is 233 Å². The van der Waals surface area contributed by atoms with E-state index >= 15 is 0 Å². The molecule has 0 saturated heterocycles. The molecule has 15 aliphatic rings. The number of hydrogen-bond acceptors (Lipinski definition) is 6. The molecule has 12 fully saturated rings. The highest BCUT2D eigenvalue weighted by molar-refractivity contribution is 7.25. The summed E-state index contributed by atoms with van der Waals surface area (Å²) in [6.07, 6.45) is 21.1. The third kappa shape index (κ3) is 12.7. The molecule has 12 bridgehead atoms. The van der Waals surface area contributed by atoms with Gasteiger partial charge in [-0.05, 0) is 393 Å². The molecule has 20 aromatic carbocycles. The molecule has 38 rings (SSSR count). The van der Waals surface area contributed by atoms with E-state index in [1.807, 2.05) is 11.3 Å². The third-order valence-corrected chi connectivity index (χ3v) is 40.8. The molecule has 0 N–H and O–H groups in total. The number of thiophene rings is 1. The monoisotopic (exact) mass is 1950 g/mol. The van der Waals surface area contributed by atoms with Crippen LogP contribution in [0.15, 0.2) is 440 Å². The zero-order chi connectivity index (χ0) is 97.9. The highest BCUT2D eigenvalue weighted by Gasteiger charge is 2.66. The highest BCUT2D eigenvalue weighted by Crippen LogP contribution is 2.75. The summed E-state index contributed by atoms with van der Waals surface area (Å²) in [7, 11) is 0. The average Bonchev–Trinajstić information content (AvgIpc) is 1.52. The Bertz CT molecular complexity index is 9420. The Hall–Kier alpha value is -15.6. The fourth-order valence-electron chi connectivity index (χ4n) is 34.7. The molecule has 12 saturated carbocycles. The van der Waals surface area contributed by atoms with E-state index in [4.69, 9.17) is 8.83 Å². The maximum atomic E-state index is 6.51. The topological polar surface area (TPSA) is 36.0 Å². The molecule has 3 heterocycles. The van der Waals surface area contributed by atoms with Crippen LogP contribution in [-0.4, -0.2) is 0 Å². The number of nitrogens with zero attached hydrogens (tertiary/aromatic N) is 3. The van der Waals surface area contributed by atoms with Crippen LogP contribution in [-0.2, 0) is 16.2 Å². The zero-order valence-corrected chi connectivity index (χ0v) is 84.9. The molecule has 3 aromatic heterocycles. The number of hydrogen-bond donors (Lipinski definition) is 0. The molecule has 150 heavy (non-hydrogen) atoms. The molecule has 722 valence electrons. The molecule has 3 spiro atoms. The van der Waals surface area contributed by atoms with E-state index in [0.717, 1.165) is 138 Å². The second-order valence-corrected chi connectivity index (χ2v) is 47.9. The standard InChI is InChI=1S/2C50H39NO.C44H35NS/c1-2-11-39-33(9-1)10-7-14-40(39)34-19-21-37(22-20-34)51(38-23-24-42-41-12-4-6-18-47(41)52-48(42)30-38)46-17-8-16-45-49(46)43-13-3-5-15-44(43)50(45)35-26-31-25-32(28-35)29-36(50)27-31;1-2-9-35-29-36(17-16-33(35)8-1)34-18-20-39(21-19-34)51(40-22-23-42-41-10-4-6-15-47(41)52-48(42)30-40)46-14-7-13-45-49(46)43-11-3-5-12-44(43)50(45)37-25-31-24-32(27-37)28-38(50)26-31;1-2-9-30-25-33(17-16-29(30)8-1)45(34-18-19-42-37(26-34)35-10-4-6-15-41(35)46-42)40-14-7-13-39-43(40)36-11-3-5-12-38(36)44(39)31-21-27-20-28(23-31)24-32(44)22-27/h1-24,30-32,35-36H,25-29H2;1-23,29-32,37-38H,24-28H2;1-19,25-28,31-32H,20-24H2. The van der Waals surface area contributed by atoms with Gasteiger partial charge in [-0.3, -0.25) is 0 Å². The van der Waals surface area contributed by atoms with Crippen molar-refractivity contribution in [1.29, 1.82) is 0 Å². The summed E-state index contributed by atoms with van der Waals surface area (Å²) in [5.74, 6) is 9.95. The van der Waals surface area contributed by atoms with Crippen molar-refractivity contribution in [2.24, 2.45) is 71.0 Å². The molecule has 0 atom stereocenters. The van der Waals surface area contributed by atoms with Gasteiger partial charge in [-0.1, -0.05) is 297 Å². The fraction of sp³-hybridized carbons (Fsp3) is 0.208. The van der Waals surface area contributed by atoms with Crippen molar-refractivity contribution >= 4 is 159 Å². The van der Waals surface area contributed by atoms with Gasteiger partial charge in [-0.15, -0.1) is 11.3 Å². The molecule has 0 radical (unpaired) electrons. The largest absolute Gasteiger partial charge is 0.456 e. The summed E-state index contributed by atoms with van der Waals surface area (Å²) in [6.45, 7) is 0. The smallest absolute Gasteiger partial charge is 0.137 e. The van der Waals surface area contributed by atoms with Crippen LogP contribution in [0.1, 0.15) is 130 Å². The van der Waals surface area contributed by atoms with E-state index in [-0.39, 0.29) is 16.2 Å². The van der Waals surface area contributed by atoms with Gasteiger partial charge < -0.3 is 23.5 Å². The minimum Gasteiger partial charge on any atom is -0.456 e. The third-order valence-electron chi connectivity index (χ3n) is 39.7. The molecule has 0 amide bonds. The summed E-state index contributed by atoms with van der Waals surface area (Å²) >= 11 is 1.90. The van der Waals surface area contributed by atoms with E-state index in [9.17, 15) is 0 Å². The van der Waals surface area contributed by atoms with Crippen LogP contribution >= 0.6 is 11.3 Å². The maximum absolute atomic E-state index is 6.51. The second-order valence-electron chi connectivity index (χ2n) is 46.8. The summed E-state index contributed by atoms with van der Waals surface area (Å²) in [5, 5.41) is 15.0. The zero-order valence-electron chi connectivity index (χ0n) is 84.1. The van der Waals surface area contributed by atoms with Crippen molar-refractivity contribution in [3.8, 4) is 55.6 Å². The number of para-hydroxylation sites is 2. The minimum absolute atomic E-state index is 0.113. The molecular formula is C144H113N3O2S. The van der Waals surface area contributed by atoms with Gasteiger partial charge in [0, 0.05) is 121 Å².